The van der Waals surface area contributed by atoms with Gasteiger partial charge in [0.2, 0.25) is 0 Å². The summed E-state index contributed by atoms with van der Waals surface area (Å²) in [6.45, 7) is 11.6. The third-order valence-corrected chi connectivity index (χ3v) is 3.94. The van der Waals surface area contributed by atoms with E-state index >= 15 is 0 Å². The molecule has 2 atom stereocenters. The summed E-state index contributed by atoms with van der Waals surface area (Å²) in [7, 11) is -2.97. The number of phenols is 1. The molecule has 1 aromatic rings. The molecule has 112 valence electrons. The molecule has 6 heteroatoms. The maximum Gasteiger partial charge on any atom is 1.00 e. The molecule has 0 heterocycles. The number of aliphatic hydroxyl groups excluding tert-OH is 1. The Morgan fingerprint density at radius 2 is 1.38 bits per heavy atom. The maximum absolute atomic E-state index is 11.0. The Bertz CT molecular complexity index is 494. The Labute approximate surface area is 149 Å². The van der Waals surface area contributed by atoms with Gasteiger partial charge >= 0.3 is 37.6 Å². The molecular formula is C15H23NaO4P+. The molecule has 0 saturated heterocycles. The summed E-state index contributed by atoms with van der Waals surface area (Å²) in [5, 5.41) is 20.3. The van der Waals surface area contributed by atoms with Crippen molar-refractivity contribution in [1.82, 2.24) is 0 Å². The van der Waals surface area contributed by atoms with E-state index in [1.165, 1.54) is 0 Å². The minimum absolute atomic E-state index is 0. The first-order valence-electron chi connectivity index (χ1n) is 6.55. The van der Waals surface area contributed by atoms with Crippen LogP contribution in [0.5, 0.6) is 5.75 Å². The Morgan fingerprint density at radius 3 is 1.62 bits per heavy atom. The van der Waals surface area contributed by atoms with E-state index < -0.39 is 13.9 Å². The second-order valence-electron chi connectivity index (χ2n) is 7.12. The first kappa shape index (κ1) is 21.0. The molecular weight excluding hydrogens is 298 g/mol. The Hall–Kier alpha value is 0.0400. The molecule has 4 nitrogen and oxygen atoms in total. The van der Waals surface area contributed by atoms with Crippen molar-refractivity contribution in [2.24, 2.45) is 0 Å². The summed E-state index contributed by atoms with van der Waals surface area (Å²) in [5.41, 5.74) is 0.864. The van der Waals surface area contributed by atoms with Crippen molar-refractivity contribution >= 4 is 8.03 Å². The summed E-state index contributed by atoms with van der Waals surface area (Å²) in [4.78, 5) is 11.0. The van der Waals surface area contributed by atoms with Gasteiger partial charge in [-0.2, -0.15) is 0 Å². The first-order valence-corrected chi connectivity index (χ1v) is 7.80. The van der Waals surface area contributed by atoms with Gasteiger partial charge in [0, 0.05) is 16.7 Å². The van der Waals surface area contributed by atoms with Gasteiger partial charge < -0.3 is 15.1 Å². The van der Waals surface area contributed by atoms with Crippen molar-refractivity contribution in [1.29, 1.82) is 0 Å². The van der Waals surface area contributed by atoms with E-state index in [4.69, 9.17) is 0 Å². The number of aromatic hydroxyl groups is 1. The van der Waals surface area contributed by atoms with E-state index in [0.717, 1.165) is 0 Å². The van der Waals surface area contributed by atoms with Crippen molar-refractivity contribution in [2.45, 2.75) is 58.2 Å². The summed E-state index contributed by atoms with van der Waals surface area (Å²) in [6.07, 6.45) is 0. The molecule has 0 aliphatic heterocycles. The number of rotatable bonds is 2. The molecule has 0 radical (unpaired) electrons. The molecule has 2 N–H and O–H groups in total. The number of hydrogen-bond donors (Lipinski definition) is 2. The molecule has 0 saturated carbocycles. The van der Waals surface area contributed by atoms with Crippen LogP contribution in [-0.2, 0) is 15.4 Å². The summed E-state index contributed by atoms with van der Waals surface area (Å²) < 4.78 is 11.0. The zero-order valence-corrected chi connectivity index (χ0v) is 16.8. The molecule has 0 amide bonds. The largest absolute Gasteiger partial charge is 1.00 e. The minimum Gasteiger partial charge on any atom is -0.593 e. The summed E-state index contributed by atoms with van der Waals surface area (Å²) >= 11 is 0. The van der Waals surface area contributed by atoms with Gasteiger partial charge in [-0.15, -0.1) is 0 Å². The third-order valence-electron chi connectivity index (χ3n) is 3.25. The van der Waals surface area contributed by atoms with E-state index in [9.17, 15) is 19.7 Å². The van der Waals surface area contributed by atoms with E-state index in [1.54, 1.807) is 12.1 Å². The first-order chi connectivity index (χ1) is 8.85. The van der Waals surface area contributed by atoms with Crippen molar-refractivity contribution in [3.63, 3.8) is 0 Å². The van der Waals surface area contributed by atoms with Crippen LogP contribution in [0.2, 0.25) is 0 Å². The summed E-state index contributed by atoms with van der Waals surface area (Å²) in [5.74, 6) is -1.38. The fraction of sp³-hybridized carbons (Fsp3) is 0.600. The molecule has 0 aliphatic rings. The predicted molar refractivity (Wildman–Crippen MR) is 78.1 cm³/mol. The predicted octanol–water partition coefficient (Wildman–Crippen LogP) is 0.0848. The van der Waals surface area contributed by atoms with Crippen molar-refractivity contribution < 1.29 is 49.2 Å². The molecule has 0 spiro atoms. The fourth-order valence-corrected chi connectivity index (χ4v) is 2.46. The fourth-order valence-electron chi connectivity index (χ4n) is 2.07. The molecule has 1 aromatic carbocycles. The van der Waals surface area contributed by atoms with Gasteiger partial charge in [0.25, 0.3) is 5.85 Å². The zero-order valence-electron chi connectivity index (χ0n) is 13.9. The van der Waals surface area contributed by atoms with Crippen LogP contribution in [0, 0.1) is 0 Å². The quantitative estimate of drug-likeness (QED) is 0.597. The van der Waals surface area contributed by atoms with Gasteiger partial charge in [-0.3, -0.25) is 0 Å². The Morgan fingerprint density at radius 1 is 1.05 bits per heavy atom. The summed E-state index contributed by atoms with van der Waals surface area (Å²) in [6, 6.07) is 3.14. The van der Waals surface area contributed by atoms with Gasteiger partial charge in [-0.1, -0.05) is 46.1 Å². The van der Waals surface area contributed by atoms with Crippen LogP contribution in [0.1, 0.15) is 64.1 Å². The van der Waals surface area contributed by atoms with Gasteiger partial charge in [0.05, 0.1) is 0 Å². The number of phenolic OH excluding ortho intramolecular Hbond substituents is 1. The number of benzene rings is 1. The second kappa shape index (κ2) is 7.08. The SMILES string of the molecule is CC(C)(C)c1cc(C(O)[P+](=O)[O-])cc(C(C)(C)C)c1O.[Na+]. The Balaban J connectivity index is 0.00000400. The normalized spacial score (nSPS) is 14.4. The minimum atomic E-state index is -2.97. The van der Waals surface area contributed by atoms with Gasteiger partial charge in [0.1, 0.15) is 5.75 Å². The zero-order chi connectivity index (χ0) is 15.9. The van der Waals surface area contributed by atoms with Gasteiger partial charge in [-0.25, -0.2) is 0 Å². The van der Waals surface area contributed by atoms with E-state index in [0.29, 0.717) is 16.7 Å². The maximum atomic E-state index is 11.0. The Kier molecular flexibility index (Phi) is 7.09. The monoisotopic (exact) mass is 321 g/mol. The third kappa shape index (κ3) is 5.02. The van der Waals surface area contributed by atoms with E-state index in [2.05, 4.69) is 0 Å². The molecule has 2 unspecified atom stereocenters. The molecule has 1 rings (SSSR count). The number of aliphatic hydroxyl groups is 1. The average Bonchev–Trinajstić information content (AvgIpc) is 2.24. The molecule has 0 fully saturated rings. The van der Waals surface area contributed by atoms with Crippen molar-refractivity contribution in [3.8, 4) is 5.75 Å². The van der Waals surface area contributed by atoms with Crippen LogP contribution in [-0.4, -0.2) is 10.2 Å². The van der Waals surface area contributed by atoms with E-state index in [1.807, 2.05) is 41.5 Å². The van der Waals surface area contributed by atoms with Crippen LogP contribution in [0.3, 0.4) is 0 Å². The van der Waals surface area contributed by atoms with Crippen LogP contribution in [0.4, 0.5) is 0 Å². The molecule has 0 bridgehead atoms. The van der Waals surface area contributed by atoms with Crippen molar-refractivity contribution in [3.05, 3.63) is 28.8 Å². The topological polar surface area (TPSA) is 80.6 Å². The van der Waals surface area contributed by atoms with Crippen molar-refractivity contribution in [2.75, 3.05) is 0 Å². The van der Waals surface area contributed by atoms with E-state index in [-0.39, 0.29) is 46.1 Å². The number of hydrogen-bond acceptors (Lipinski definition) is 4. The second-order valence-corrected chi connectivity index (χ2v) is 8.18. The standard InChI is InChI=1S/C15H23O4P.Na/c1-14(2,3)10-7-9(13(17)20(18)19)8-11(12(10)16)15(4,5)6;/h7-8,13,16-17H,1-6H3;/q;+1. The van der Waals surface area contributed by atoms with Gasteiger partial charge in [0.15, 0.2) is 0 Å². The van der Waals surface area contributed by atoms with Crippen LogP contribution >= 0.6 is 8.03 Å². The molecule has 21 heavy (non-hydrogen) atoms. The van der Waals surface area contributed by atoms with Crippen LogP contribution in [0.25, 0.3) is 0 Å². The van der Waals surface area contributed by atoms with Crippen LogP contribution in [0.15, 0.2) is 12.1 Å². The van der Waals surface area contributed by atoms with Crippen LogP contribution < -0.4 is 34.5 Å². The smallest absolute Gasteiger partial charge is 0.593 e. The average molecular weight is 321 g/mol. The van der Waals surface area contributed by atoms with Gasteiger partial charge in [-0.05, 0) is 23.0 Å². The molecule has 0 aliphatic carbocycles. The molecule has 0 aromatic heterocycles.